The summed E-state index contributed by atoms with van der Waals surface area (Å²) < 4.78 is 1.56. The highest BCUT2D eigenvalue weighted by atomic mass is 16.2. The van der Waals surface area contributed by atoms with Crippen molar-refractivity contribution in [1.82, 2.24) is 9.55 Å². The lowest BCUT2D eigenvalue weighted by atomic mass is 10.1. The van der Waals surface area contributed by atoms with E-state index in [-0.39, 0.29) is 11.6 Å². The van der Waals surface area contributed by atoms with Gasteiger partial charge in [0, 0.05) is 5.56 Å². The van der Waals surface area contributed by atoms with Crippen molar-refractivity contribution in [3.8, 4) is 5.69 Å². The molecule has 0 spiro atoms. The average Bonchev–Trinajstić information content (AvgIpc) is 2.68. The van der Waals surface area contributed by atoms with Crippen LogP contribution in [0.25, 0.3) is 5.69 Å². The van der Waals surface area contributed by atoms with Gasteiger partial charge in [-0.2, -0.15) is 0 Å². The third-order valence-electron chi connectivity index (χ3n) is 5.27. The van der Waals surface area contributed by atoms with Gasteiger partial charge in [-0.25, -0.2) is 9.36 Å². The number of H-pyrrole nitrogens is 1. The van der Waals surface area contributed by atoms with Crippen LogP contribution in [0.4, 0.5) is 5.82 Å². The molecule has 0 radical (unpaired) electrons. The highest BCUT2D eigenvalue weighted by molar-refractivity contribution is 5.51. The minimum atomic E-state index is -0.420. The Labute approximate surface area is 157 Å². The van der Waals surface area contributed by atoms with E-state index in [9.17, 15) is 9.59 Å². The number of rotatable bonds is 3. The smallest absolute Gasteiger partial charge is 0.324 e. The summed E-state index contributed by atoms with van der Waals surface area (Å²) in [6.45, 7) is 5.33. The Morgan fingerprint density at radius 3 is 2.59 bits per heavy atom. The maximum Gasteiger partial charge on any atom is 0.334 e. The van der Waals surface area contributed by atoms with Crippen LogP contribution in [0.5, 0.6) is 0 Å². The van der Waals surface area contributed by atoms with Crippen LogP contribution in [0.15, 0.2) is 64.2 Å². The largest absolute Gasteiger partial charge is 0.334 e. The molecule has 1 aliphatic heterocycles. The van der Waals surface area contributed by atoms with Crippen LogP contribution >= 0.6 is 0 Å². The Morgan fingerprint density at radius 1 is 1.07 bits per heavy atom. The van der Waals surface area contributed by atoms with E-state index in [2.05, 4.69) is 29.4 Å². The fraction of sp³-hybridized carbons (Fsp3) is 0.238. The molecule has 0 saturated carbocycles. The monoisotopic (exact) mass is 363 g/mol. The van der Waals surface area contributed by atoms with Crippen molar-refractivity contribution in [2.24, 2.45) is 0 Å². The van der Waals surface area contributed by atoms with Crippen LogP contribution in [-0.4, -0.2) is 16.2 Å². The summed E-state index contributed by atoms with van der Waals surface area (Å²) in [5.41, 5.74) is 2.90. The van der Waals surface area contributed by atoms with E-state index in [4.69, 9.17) is 0 Å². The number of hydrogen-bond acceptors (Lipinski definition) is 3. The molecule has 3 N–H and O–H groups in total. The van der Waals surface area contributed by atoms with Gasteiger partial charge in [-0.1, -0.05) is 42.5 Å². The molecule has 0 saturated heterocycles. The molecule has 2 atom stereocenters. The number of nitrogens with one attached hydrogen (secondary N) is 3. The molecule has 1 aromatic heterocycles. The first-order valence-corrected chi connectivity index (χ1v) is 9.13. The van der Waals surface area contributed by atoms with Crippen LogP contribution in [0.1, 0.15) is 29.7 Å². The lowest BCUT2D eigenvalue weighted by molar-refractivity contribution is -0.941. The zero-order valence-electron chi connectivity index (χ0n) is 15.5. The third-order valence-corrected chi connectivity index (χ3v) is 5.27. The summed E-state index contributed by atoms with van der Waals surface area (Å²) in [5, 5.41) is 3.34. The van der Waals surface area contributed by atoms with E-state index in [1.807, 2.05) is 49.4 Å². The topological polar surface area (TPSA) is 71.3 Å². The van der Waals surface area contributed by atoms with E-state index >= 15 is 0 Å². The van der Waals surface area contributed by atoms with Crippen molar-refractivity contribution < 1.29 is 4.90 Å². The first kappa shape index (κ1) is 17.3. The predicted octanol–water partition coefficient (Wildman–Crippen LogP) is 1.36. The highest BCUT2D eigenvalue weighted by Gasteiger charge is 2.29. The quantitative estimate of drug-likeness (QED) is 0.658. The van der Waals surface area contributed by atoms with Crippen molar-refractivity contribution >= 4 is 5.82 Å². The second-order valence-corrected chi connectivity index (χ2v) is 7.08. The molecule has 0 aliphatic carbocycles. The van der Waals surface area contributed by atoms with Crippen LogP contribution in [0, 0.1) is 6.92 Å². The Bertz CT molecular complexity index is 1090. The summed E-state index contributed by atoms with van der Waals surface area (Å²) in [6, 6.07) is 18.2. The first-order chi connectivity index (χ1) is 13.0. The summed E-state index contributed by atoms with van der Waals surface area (Å²) in [6.07, 6.45) is 0. The molecular formula is C21H23N4O2+. The molecular weight excluding hydrogens is 340 g/mol. The Balaban J connectivity index is 1.76. The lowest BCUT2D eigenvalue weighted by Gasteiger charge is -2.32. The van der Waals surface area contributed by atoms with Gasteiger partial charge >= 0.3 is 5.69 Å². The zero-order valence-corrected chi connectivity index (χ0v) is 15.5. The van der Waals surface area contributed by atoms with Crippen molar-refractivity contribution in [3.05, 3.63) is 92.1 Å². The van der Waals surface area contributed by atoms with Gasteiger partial charge in [-0.3, -0.25) is 9.78 Å². The number of nitrogens with zero attached hydrogens (tertiary/aromatic N) is 1. The number of fused-ring (bicyclic) bond motifs is 1. The van der Waals surface area contributed by atoms with Gasteiger partial charge in [0.15, 0.2) is 6.67 Å². The van der Waals surface area contributed by atoms with Gasteiger partial charge in [-0.15, -0.1) is 0 Å². The molecule has 0 amide bonds. The molecule has 4 rings (SSSR count). The van der Waals surface area contributed by atoms with Gasteiger partial charge in [0.1, 0.15) is 24.0 Å². The number of aromatic amines is 1. The summed E-state index contributed by atoms with van der Waals surface area (Å²) in [5.74, 6) is 0.596. The number of aryl methyl sites for hydroxylation is 1. The number of quaternary nitrogens is 1. The summed E-state index contributed by atoms with van der Waals surface area (Å²) in [4.78, 5) is 28.8. The maximum absolute atomic E-state index is 12.5. The fourth-order valence-electron chi connectivity index (χ4n) is 3.71. The normalized spacial score (nSPS) is 17.0. The third kappa shape index (κ3) is 3.19. The molecule has 2 heterocycles. The minimum absolute atomic E-state index is 0.227. The van der Waals surface area contributed by atoms with Crippen LogP contribution in [-0.2, 0) is 6.54 Å². The Kier molecular flexibility index (Phi) is 4.41. The molecule has 27 heavy (non-hydrogen) atoms. The Morgan fingerprint density at radius 2 is 1.85 bits per heavy atom. The summed E-state index contributed by atoms with van der Waals surface area (Å²) in [7, 11) is 0. The van der Waals surface area contributed by atoms with Crippen molar-refractivity contribution in [2.75, 3.05) is 12.0 Å². The SMILES string of the molecule is Cc1cccc(-n2c3c(c(=O)[nH]c2=O)C[NH+]([C@@H](C)c2ccccc2)CN3)c1. The fourth-order valence-corrected chi connectivity index (χ4v) is 3.71. The second kappa shape index (κ2) is 6.89. The number of benzene rings is 2. The minimum Gasteiger partial charge on any atom is -0.324 e. The van der Waals surface area contributed by atoms with Crippen molar-refractivity contribution in [2.45, 2.75) is 26.4 Å². The van der Waals surface area contributed by atoms with E-state index < -0.39 is 5.69 Å². The predicted molar refractivity (Wildman–Crippen MR) is 105 cm³/mol. The molecule has 6 heteroatoms. The van der Waals surface area contributed by atoms with E-state index in [1.54, 1.807) is 4.57 Å². The molecule has 0 bridgehead atoms. The summed E-state index contributed by atoms with van der Waals surface area (Å²) >= 11 is 0. The average molecular weight is 363 g/mol. The molecule has 1 aliphatic rings. The van der Waals surface area contributed by atoms with Gasteiger partial charge in [0.2, 0.25) is 0 Å². The molecule has 2 aromatic carbocycles. The van der Waals surface area contributed by atoms with Crippen LogP contribution in [0.3, 0.4) is 0 Å². The standard InChI is InChI=1S/C21H22N4O2/c1-14-7-6-10-17(11-14)25-19-18(20(26)23-21(25)27)12-24(13-22-19)15(2)16-8-4-3-5-9-16/h3-11,15,22H,12-13H2,1-2H3,(H,23,26,27)/p+1/t15-/m0/s1. The van der Waals surface area contributed by atoms with E-state index in [1.165, 1.54) is 10.5 Å². The van der Waals surface area contributed by atoms with Crippen LogP contribution < -0.4 is 21.5 Å². The molecule has 1 unspecified atom stereocenters. The molecule has 138 valence electrons. The van der Waals surface area contributed by atoms with Gasteiger partial charge in [-0.05, 0) is 31.5 Å². The van der Waals surface area contributed by atoms with E-state index in [0.29, 0.717) is 24.6 Å². The van der Waals surface area contributed by atoms with Crippen molar-refractivity contribution in [3.63, 3.8) is 0 Å². The first-order valence-electron chi connectivity index (χ1n) is 9.13. The van der Waals surface area contributed by atoms with E-state index in [0.717, 1.165) is 11.3 Å². The van der Waals surface area contributed by atoms with Crippen molar-refractivity contribution in [1.29, 1.82) is 0 Å². The maximum atomic E-state index is 12.5. The van der Waals surface area contributed by atoms with Gasteiger partial charge in [0.25, 0.3) is 5.56 Å². The molecule has 3 aromatic rings. The molecule has 0 fully saturated rings. The van der Waals surface area contributed by atoms with Gasteiger partial charge < -0.3 is 10.2 Å². The van der Waals surface area contributed by atoms with Crippen LogP contribution in [0.2, 0.25) is 0 Å². The lowest BCUT2D eigenvalue weighted by Crippen LogP contribution is -3.12. The highest BCUT2D eigenvalue weighted by Crippen LogP contribution is 2.18. The number of anilines is 1. The number of aromatic nitrogens is 2. The van der Waals surface area contributed by atoms with Gasteiger partial charge in [0.05, 0.1) is 5.69 Å². The zero-order chi connectivity index (χ0) is 19.0. The number of hydrogen-bond donors (Lipinski definition) is 3. The second-order valence-electron chi connectivity index (χ2n) is 7.08. The Hall–Kier alpha value is -3.12. The molecule has 6 nitrogen and oxygen atoms in total.